The van der Waals surface area contributed by atoms with Gasteiger partial charge in [0.2, 0.25) is 21.8 Å². The molecule has 0 spiro atoms. The van der Waals surface area contributed by atoms with E-state index in [0.717, 1.165) is 27.3 Å². The summed E-state index contributed by atoms with van der Waals surface area (Å²) in [6.07, 6.45) is 1.45. The molecule has 0 aliphatic carbocycles. The van der Waals surface area contributed by atoms with Gasteiger partial charge >= 0.3 is 0 Å². The molecule has 0 bridgehead atoms. The van der Waals surface area contributed by atoms with E-state index in [4.69, 9.17) is 11.6 Å². The highest BCUT2D eigenvalue weighted by Gasteiger charge is 2.33. The van der Waals surface area contributed by atoms with Crippen molar-refractivity contribution in [2.75, 3.05) is 17.1 Å². The SMILES string of the molecule is CCC(C(=O)NC(C)(C)C)N(Cc1ccc(Cl)cc1)C(=O)CN(c1c(C)cccc1C)S(C)(=O)=O. The first-order valence-electron chi connectivity index (χ1n) is 11.5. The lowest BCUT2D eigenvalue weighted by Crippen LogP contribution is -2.55. The van der Waals surface area contributed by atoms with Crippen LogP contribution in [-0.2, 0) is 26.2 Å². The Kier molecular flexibility index (Phi) is 9.36. The minimum absolute atomic E-state index is 0.135. The third kappa shape index (κ3) is 7.97. The van der Waals surface area contributed by atoms with E-state index in [1.54, 1.807) is 24.3 Å². The Morgan fingerprint density at radius 1 is 1.03 bits per heavy atom. The number of anilines is 1. The van der Waals surface area contributed by atoms with E-state index in [2.05, 4.69) is 5.32 Å². The average molecular weight is 522 g/mol. The van der Waals surface area contributed by atoms with E-state index in [9.17, 15) is 18.0 Å². The molecule has 0 saturated heterocycles. The highest BCUT2D eigenvalue weighted by Crippen LogP contribution is 2.27. The van der Waals surface area contributed by atoms with Crippen molar-refractivity contribution in [3.05, 3.63) is 64.2 Å². The van der Waals surface area contributed by atoms with Crippen molar-refractivity contribution in [1.82, 2.24) is 10.2 Å². The maximum atomic E-state index is 13.8. The summed E-state index contributed by atoms with van der Waals surface area (Å²) in [7, 11) is -3.78. The van der Waals surface area contributed by atoms with Crippen molar-refractivity contribution in [3.63, 3.8) is 0 Å². The van der Waals surface area contributed by atoms with Gasteiger partial charge in [0.15, 0.2) is 0 Å². The van der Waals surface area contributed by atoms with Crippen molar-refractivity contribution in [3.8, 4) is 0 Å². The summed E-state index contributed by atoms with van der Waals surface area (Å²) in [4.78, 5) is 28.4. The standard InChI is InChI=1S/C26H36ClN3O4S/c1-8-22(25(32)28-26(4,5)6)29(16-20-12-14-21(27)15-13-20)23(31)17-30(35(7,33)34)24-18(2)10-9-11-19(24)3/h9-15,22H,8,16-17H2,1-7H3,(H,28,32). The van der Waals surface area contributed by atoms with Crippen molar-refractivity contribution in [2.24, 2.45) is 0 Å². The second kappa shape index (κ2) is 11.4. The van der Waals surface area contributed by atoms with Gasteiger partial charge in [-0.1, -0.05) is 48.9 Å². The van der Waals surface area contributed by atoms with Crippen LogP contribution >= 0.6 is 11.6 Å². The number of carbonyl (C=O) groups excluding carboxylic acids is 2. The van der Waals surface area contributed by atoms with Gasteiger partial charge < -0.3 is 10.2 Å². The van der Waals surface area contributed by atoms with E-state index >= 15 is 0 Å². The molecule has 35 heavy (non-hydrogen) atoms. The molecule has 1 unspecified atom stereocenters. The van der Waals surface area contributed by atoms with Crippen LogP contribution in [0.2, 0.25) is 5.02 Å². The maximum absolute atomic E-state index is 13.8. The third-order valence-corrected chi connectivity index (χ3v) is 6.88. The van der Waals surface area contributed by atoms with Gasteiger partial charge in [-0.2, -0.15) is 0 Å². The number of nitrogens with one attached hydrogen (secondary N) is 1. The lowest BCUT2D eigenvalue weighted by Gasteiger charge is -2.35. The molecular formula is C26H36ClN3O4S. The molecule has 1 atom stereocenters. The summed E-state index contributed by atoms with van der Waals surface area (Å²) in [6.45, 7) is 10.8. The minimum atomic E-state index is -3.78. The second-order valence-corrected chi connectivity index (χ2v) is 12.2. The van der Waals surface area contributed by atoms with E-state index in [-0.39, 0.29) is 12.5 Å². The normalized spacial score (nSPS) is 12.7. The molecular weight excluding hydrogens is 486 g/mol. The van der Waals surface area contributed by atoms with E-state index in [1.807, 2.05) is 59.7 Å². The largest absolute Gasteiger partial charge is 0.350 e. The Balaban J connectivity index is 2.51. The molecule has 2 aromatic rings. The fourth-order valence-electron chi connectivity index (χ4n) is 3.93. The molecule has 192 valence electrons. The van der Waals surface area contributed by atoms with Crippen LogP contribution in [0.25, 0.3) is 0 Å². The zero-order chi connectivity index (χ0) is 26.6. The first-order valence-corrected chi connectivity index (χ1v) is 13.8. The number of nitrogens with zero attached hydrogens (tertiary/aromatic N) is 2. The molecule has 9 heteroatoms. The zero-order valence-corrected chi connectivity index (χ0v) is 23.1. The van der Waals surface area contributed by atoms with Crippen LogP contribution in [0.4, 0.5) is 5.69 Å². The quantitative estimate of drug-likeness (QED) is 0.528. The van der Waals surface area contributed by atoms with Gasteiger partial charge in [0.25, 0.3) is 0 Å². The molecule has 0 fully saturated rings. The average Bonchev–Trinajstić information content (AvgIpc) is 2.72. The Bertz CT molecular complexity index is 1140. The lowest BCUT2D eigenvalue weighted by atomic mass is 10.1. The van der Waals surface area contributed by atoms with Crippen LogP contribution in [0.5, 0.6) is 0 Å². The van der Waals surface area contributed by atoms with E-state index in [0.29, 0.717) is 17.1 Å². The summed E-state index contributed by atoms with van der Waals surface area (Å²) < 4.78 is 26.8. The van der Waals surface area contributed by atoms with Crippen LogP contribution in [-0.4, -0.2) is 49.5 Å². The van der Waals surface area contributed by atoms with Gasteiger partial charge in [-0.15, -0.1) is 0 Å². The second-order valence-electron chi connectivity index (χ2n) is 9.82. The number of amides is 2. The monoisotopic (exact) mass is 521 g/mol. The molecule has 0 saturated carbocycles. The van der Waals surface area contributed by atoms with Gasteiger partial charge in [0.05, 0.1) is 11.9 Å². The Labute approximate surface area is 214 Å². The van der Waals surface area contributed by atoms with Crippen LogP contribution in [0.15, 0.2) is 42.5 Å². The van der Waals surface area contributed by atoms with E-state index in [1.165, 1.54) is 4.90 Å². The fourth-order valence-corrected chi connectivity index (χ4v) is 5.02. The molecule has 1 N–H and O–H groups in total. The number of halogens is 1. The van der Waals surface area contributed by atoms with Crippen molar-refractivity contribution in [2.45, 2.75) is 66.1 Å². The van der Waals surface area contributed by atoms with Crippen LogP contribution in [0, 0.1) is 13.8 Å². The number of hydrogen-bond donors (Lipinski definition) is 1. The number of hydrogen-bond acceptors (Lipinski definition) is 4. The van der Waals surface area contributed by atoms with Crippen molar-refractivity contribution in [1.29, 1.82) is 0 Å². The predicted octanol–water partition coefficient (Wildman–Crippen LogP) is 4.44. The minimum Gasteiger partial charge on any atom is -0.350 e. The first-order chi connectivity index (χ1) is 16.1. The predicted molar refractivity (Wildman–Crippen MR) is 142 cm³/mol. The lowest BCUT2D eigenvalue weighted by molar-refractivity contribution is -0.141. The van der Waals surface area contributed by atoms with Gasteiger partial charge in [0.1, 0.15) is 12.6 Å². The number of rotatable bonds is 9. The van der Waals surface area contributed by atoms with Gasteiger partial charge in [0, 0.05) is 17.1 Å². The molecule has 2 aromatic carbocycles. The molecule has 0 aliphatic rings. The van der Waals surface area contributed by atoms with Gasteiger partial charge in [-0.25, -0.2) is 8.42 Å². The Hall–Kier alpha value is -2.58. The Morgan fingerprint density at radius 3 is 2.03 bits per heavy atom. The summed E-state index contributed by atoms with van der Waals surface area (Å²) in [5.74, 6) is -0.760. The fraction of sp³-hybridized carbons (Fsp3) is 0.462. The number of sulfonamides is 1. The van der Waals surface area contributed by atoms with Crippen molar-refractivity contribution < 1.29 is 18.0 Å². The van der Waals surface area contributed by atoms with Gasteiger partial charge in [-0.3, -0.25) is 13.9 Å². The number of carbonyl (C=O) groups is 2. The third-order valence-electron chi connectivity index (χ3n) is 5.52. The molecule has 0 aliphatic heterocycles. The van der Waals surface area contributed by atoms with Crippen molar-refractivity contribution >= 4 is 39.1 Å². The molecule has 0 radical (unpaired) electrons. The van der Waals surface area contributed by atoms with Crippen LogP contribution in [0.3, 0.4) is 0 Å². The maximum Gasteiger partial charge on any atom is 0.244 e. The summed E-state index contributed by atoms with van der Waals surface area (Å²) in [5, 5.41) is 3.51. The van der Waals surface area contributed by atoms with Crippen LogP contribution in [0.1, 0.15) is 50.8 Å². The van der Waals surface area contributed by atoms with E-state index < -0.39 is 34.1 Å². The first kappa shape index (κ1) is 28.7. The van der Waals surface area contributed by atoms with Gasteiger partial charge in [-0.05, 0) is 69.9 Å². The zero-order valence-electron chi connectivity index (χ0n) is 21.6. The molecule has 0 aromatic heterocycles. The Morgan fingerprint density at radius 2 is 1.57 bits per heavy atom. The topological polar surface area (TPSA) is 86.8 Å². The van der Waals surface area contributed by atoms with Crippen LogP contribution < -0.4 is 9.62 Å². The number of aryl methyl sites for hydroxylation is 2. The summed E-state index contributed by atoms with van der Waals surface area (Å²) >= 11 is 6.02. The molecule has 7 nitrogen and oxygen atoms in total. The number of benzene rings is 2. The highest BCUT2D eigenvalue weighted by molar-refractivity contribution is 7.92. The smallest absolute Gasteiger partial charge is 0.244 e. The molecule has 0 heterocycles. The molecule has 2 rings (SSSR count). The summed E-state index contributed by atoms with van der Waals surface area (Å²) in [5.41, 5.74) is 2.25. The molecule has 2 amide bonds. The highest BCUT2D eigenvalue weighted by atomic mass is 35.5. The summed E-state index contributed by atoms with van der Waals surface area (Å²) in [6, 6.07) is 11.7. The number of para-hydroxylation sites is 1.